The molecule has 0 unspecified atom stereocenters. The Hall–Kier alpha value is -1.27. The molecule has 0 atom stereocenters. The number of thiazole rings is 1. The van der Waals surface area contributed by atoms with Crippen LogP contribution in [0.5, 0.6) is 0 Å². The zero-order chi connectivity index (χ0) is 13.1. The van der Waals surface area contributed by atoms with Crippen LogP contribution in [0, 0.1) is 5.82 Å². The van der Waals surface area contributed by atoms with Crippen molar-refractivity contribution in [3.8, 4) is 10.4 Å². The van der Waals surface area contributed by atoms with E-state index in [0.29, 0.717) is 8.79 Å². The van der Waals surface area contributed by atoms with Crippen molar-refractivity contribution >= 4 is 33.2 Å². The third-order valence-corrected chi connectivity index (χ3v) is 3.73. The van der Waals surface area contributed by atoms with E-state index in [1.807, 2.05) is 0 Å². The monoisotopic (exact) mass is 329 g/mol. The summed E-state index contributed by atoms with van der Waals surface area (Å²) < 4.78 is 18.4. The van der Waals surface area contributed by atoms with Crippen molar-refractivity contribution in [3.05, 3.63) is 39.7 Å². The Bertz CT molecular complexity index is 568. The minimum absolute atomic E-state index is 0.250. The van der Waals surface area contributed by atoms with Crippen molar-refractivity contribution in [2.24, 2.45) is 0 Å². The molecule has 0 aliphatic heterocycles. The van der Waals surface area contributed by atoms with Gasteiger partial charge in [0.2, 0.25) is 0 Å². The molecule has 18 heavy (non-hydrogen) atoms. The summed E-state index contributed by atoms with van der Waals surface area (Å²) in [5, 5.41) is 0. The molecular weight excluding hydrogens is 321 g/mol. The number of esters is 1. The molecule has 94 valence electrons. The van der Waals surface area contributed by atoms with Gasteiger partial charge in [-0.05, 0) is 40.5 Å². The number of rotatable bonds is 3. The molecule has 0 spiro atoms. The van der Waals surface area contributed by atoms with Gasteiger partial charge in [-0.25, -0.2) is 14.2 Å². The number of benzene rings is 1. The van der Waals surface area contributed by atoms with Crippen LogP contribution in [0.1, 0.15) is 17.4 Å². The standard InChI is InChI=1S/C12H9BrFNO2S/c1-2-17-11(16)9-10(18-12(13)15-9)7-3-5-8(14)6-4-7/h3-6H,2H2,1H3. The fraction of sp³-hybridized carbons (Fsp3) is 0.167. The Kier molecular flexibility index (Phi) is 4.08. The first kappa shape index (κ1) is 13.2. The first-order valence-electron chi connectivity index (χ1n) is 5.21. The normalized spacial score (nSPS) is 10.4. The first-order chi connectivity index (χ1) is 8.61. The highest BCUT2D eigenvalue weighted by atomic mass is 79.9. The van der Waals surface area contributed by atoms with Crippen LogP contribution in [-0.2, 0) is 4.74 Å². The summed E-state index contributed by atoms with van der Waals surface area (Å²) in [5.74, 6) is -0.793. The Balaban J connectivity index is 2.44. The highest BCUT2D eigenvalue weighted by Crippen LogP contribution is 2.33. The number of carbonyl (C=O) groups excluding carboxylic acids is 1. The number of hydrogen-bond donors (Lipinski definition) is 0. The molecule has 0 aliphatic carbocycles. The van der Waals surface area contributed by atoms with Gasteiger partial charge in [-0.1, -0.05) is 12.1 Å². The van der Waals surface area contributed by atoms with Gasteiger partial charge in [0.1, 0.15) is 5.82 Å². The predicted octanol–water partition coefficient (Wildman–Crippen LogP) is 3.89. The summed E-state index contributed by atoms with van der Waals surface area (Å²) in [5.41, 5.74) is 0.989. The van der Waals surface area contributed by atoms with Crippen LogP contribution in [-0.4, -0.2) is 17.6 Å². The summed E-state index contributed by atoms with van der Waals surface area (Å²) in [6, 6.07) is 5.91. The highest BCUT2D eigenvalue weighted by Gasteiger charge is 2.19. The quantitative estimate of drug-likeness (QED) is 0.802. The minimum Gasteiger partial charge on any atom is -0.461 e. The predicted molar refractivity (Wildman–Crippen MR) is 71.2 cm³/mol. The zero-order valence-corrected chi connectivity index (χ0v) is 11.8. The fourth-order valence-electron chi connectivity index (χ4n) is 1.43. The Morgan fingerprint density at radius 3 is 2.72 bits per heavy atom. The van der Waals surface area contributed by atoms with Crippen molar-refractivity contribution in [3.63, 3.8) is 0 Å². The molecule has 0 bridgehead atoms. The lowest BCUT2D eigenvalue weighted by molar-refractivity contribution is 0.0521. The molecule has 0 saturated heterocycles. The topological polar surface area (TPSA) is 39.2 Å². The fourth-order valence-corrected chi connectivity index (χ4v) is 2.88. The van der Waals surface area contributed by atoms with Crippen LogP contribution in [0.15, 0.2) is 28.2 Å². The van der Waals surface area contributed by atoms with E-state index in [0.717, 1.165) is 5.56 Å². The Morgan fingerprint density at radius 2 is 2.11 bits per heavy atom. The molecular formula is C12H9BrFNO2S. The SMILES string of the molecule is CCOC(=O)c1nc(Br)sc1-c1ccc(F)cc1. The lowest BCUT2D eigenvalue weighted by Gasteiger charge is -2.02. The van der Waals surface area contributed by atoms with Crippen LogP contribution >= 0.6 is 27.3 Å². The molecule has 1 aromatic carbocycles. The summed E-state index contributed by atoms with van der Waals surface area (Å²) >= 11 is 4.55. The van der Waals surface area contributed by atoms with E-state index < -0.39 is 5.97 Å². The Labute approximate surface area is 116 Å². The van der Waals surface area contributed by atoms with E-state index in [-0.39, 0.29) is 18.1 Å². The van der Waals surface area contributed by atoms with Gasteiger partial charge in [-0.3, -0.25) is 0 Å². The lowest BCUT2D eigenvalue weighted by atomic mass is 10.1. The number of hydrogen-bond acceptors (Lipinski definition) is 4. The van der Waals surface area contributed by atoms with Crippen LogP contribution < -0.4 is 0 Å². The lowest BCUT2D eigenvalue weighted by Crippen LogP contribution is -2.06. The van der Waals surface area contributed by atoms with E-state index in [2.05, 4.69) is 20.9 Å². The van der Waals surface area contributed by atoms with Crippen molar-refractivity contribution in [2.75, 3.05) is 6.61 Å². The third-order valence-electron chi connectivity index (χ3n) is 2.18. The van der Waals surface area contributed by atoms with Gasteiger partial charge in [-0.15, -0.1) is 11.3 Å². The molecule has 0 radical (unpaired) electrons. The van der Waals surface area contributed by atoms with Gasteiger partial charge < -0.3 is 4.74 Å². The highest BCUT2D eigenvalue weighted by molar-refractivity contribution is 9.11. The van der Waals surface area contributed by atoms with Gasteiger partial charge in [0.15, 0.2) is 9.61 Å². The van der Waals surface area contributed by atoms with E-state index in [1.165, 1.54) is 23.5 Å². The second-order valence-electron chi connectivity index (χ2n) is 3.37. The van der Waals surface area contributed by atoms with Gasteiger partial charge in [0.05, 0.1) is 11.5 Å². The number of halogens is 2. The summed E-state index contributed by atoms with van der Waals surface area (Å²) in [7, 11) is 0. The molecule has 1 aromatic heterocycles. The van der Waals surface area contributed by atoms with Crippen LogP contribution in [0.4, 0.5) is 4.39 Å². The van der Waals surface area contributed by atoms with E-state index in [4.69, 9.17) is 4.74 Å². The number of aromatic nitrogens is 1. The van der Waals surface area contributed by atoms with Crippen LogP contribution in [0.3, 0.4) is 0 Å². The largest absolute Gasteiger partial charge is 0.461 e. The van der Waals surface area contributed by atoms with Gasteiger partial charge in [-0.2, -0.15) is 0 Å². The number of carbonyl (C=O) groups is 1. The van der Waals surface area contributed by atoms with Crippen molar-refractivity contribution < 1.29 is 13.9 Å². The van der Waals surface area contributed by atoms with Crippen LogP contribution in [0.2, 0.25) is 0 Å². The third kappa shape index (κ3) is 2.76. The van der Waals surface area contributed by atoms with Crippen molar-refractivity contribution in [1.82, 2.24) is 4.98 Å². The molecule has 2 rings (SSSR count). The average molecular weight is 330 g/mol. The maximum Gasteiger partial charge on any atom is 0.358 e. The maximum atomic E-state index is 12.9. The molecule has 0 N–H and O–H groups in total. The molecule has 0 saturated carbocycles. The zero-order valence-electron chi connectivity index (χ0n) is 9.44. The molecule has 0 aliphatic rings. The van der Waals surface area contributed by atoms with Gasteiger partial charge in [0, 0.05) is 0 Å². The smallest absolute Gasteiger partial charge is 0.358 e. The summed E-state index contributed by atoms with van der Waals surface area (Å²) in [6.45, 7) is 2.02. The maximum absolute atomic E-state index is 12.9. The Morgan fingerprint density at radius 1 is 1.44 bits per heavy atom. The summed E-state index contributed by atoms with van der Waals surface area (Å²) in [6.07, 6.45) is 0. The molecule has 3 nitrogen and oxygen atoms in total. The number of nitrogens with zero attached hydrogens (tertiary/aromatic N) is 1. The minimum atomic E-state index is -0.473. The number of ether oxygens (including phenoxy) is 1. The van der Waals surface area contributed by atoms with E-state index >= 15 is 0 Å². The second kappa shape index (κ2) is 5.58. The molecule has 6 heteroatoms. The molecule has 0 fully saturated rings. The average Bonchev–Trinajstić information content (AvgIpc) is 2.73. The van der Waals surface area contributed by atoms with E-state index in [9.17, 15) is 9.18 Å². The van der Waals surface area contributed by atoms with Crippen molar-refractivity contribution in [1.29, 1.82) is 0 Å². The first-order valence-corrected chi connectivity index (χ1v) is 6.82. The molecule has 1 heterocycles. The van der Waals surface area contributed by atoms with Crippen molar-refractivity contribution in [2.45, 2.75) is 6.92 Å². The second-order valence-corrected chi connectivity index (χ2v) is 5.65. The van der Waals surface area contributed by atoms with Crippen LogP contribution in [0.25, 0.3) is 10.4 Å². The molecule has 2 aromatic rings. The van der Waals surface area contributed by atoms with Gasteiger partial charge in [0.25, 0.3) is 0 Å². The van der Waals surface area contributed by atoms with Gasteiger partial charge >= 0.3 is 5.97 Å². The summed E-state index contributed by atoms with van der Waals surface area (Å²) in [4.78, 5) is 16.5. The van der Waals surface area contributed by atoms with E-state index in [1.54, 1.807) is 19.1 Å². The molecule has 0 amide bonds.